The molecule has 1 aromatic carbocycles. The van der Waals surface area contributed by atoms with Gasteiger partial charge in [-0.3, -0.25) is 0 Å². The molecule has 0 spiro atoms. The fourth-order valence-electron chi connectivity index (χ4n) is 1.56. The van der Waals surface area contributed by atoms with Gasteiger partial charge in [0.05, 0.1) is 0 Å². The Balaban J connectivity index is 2.55. The number of benzene rings is 1. The Bertz CT molecular complexity index is 496. The molecule has 0 saturated carbocycles. The molecule has 4 heteroatoms. The number of nitrogens with two attached hydrogens (primary N) is 1. The lowest BCUT2D eigenvalue weighted by Gasteiger charge is -2.06. The van der Waals surface area contributed by atoms with E-state index in [2.05, 4.69) is 63.0 Å². The average Bonchev–Trinajstić information content (AvgIpc) is 2.64. The normalized spacial score (nSPS) is 10.8. The summed E-state index contributed by atoms with van der Waals surface area (Å²) in [5, 5.41) is 0. The molecule has 0 radical (unpaired) electrons. The van der Waals surface area contributed by atoms with Crippen LogP contribution in [0.15, 0.2) is 33.2 Å². The van der Waals surface area contributed by atoms with Crippen molar-refractivity contribution in [3.63, 3.8) is 0 Å². The monoisotopic (exact) mass is 359 g/mol. The summed E-state index contributed by atoms with van der Waals surface area (Å²) in [6.07, 6.45) is 0. The molecule has 0 aliphatic heterocycles. The second-order valence-corrected chi connectivity index (χ2v) is 6.45. The quantitative estimate of drug-likeness (QED) is 0.824. The maximum atomic E-state index is 5.63. The lowest BCUT2D eigenvalue weighted by Crippen LogP contribution is -1.91. The predicted molar refractivity (Wildman–Crippen MR) is 77.8 cm³/mol. The lowest BCUT2D eigenvalue weighted by atomic mass is 10.1. The van der Waals surface area contributed by atoms with Gasteiger partial charge >= 0.3 is 0 Å². The van der Waals surface area contributed by atoms with Crippen LogP contribution < -0.4 is 5.73 Å². The summed E-state index contributed by atoms with van der Waals surface area (Å²) in [6.45, 7) is 2.69. The summed E-state index contributed by atoms with van der Waals surface area (Å²) in [4.78, 5) is 2.44. The molecule has 2 N–H and O–H groups in total. The topological polar surface area (TPSA) is 26.0 Å². The third kappa shape index (κ3) is 2.40. The van der Waals surface area contributed by atoms with Crippen molar-refractivity contribution in [2.45, 2.75) is 13.5 Å². The lowest BCUT2D eigenvalue weighted by molar-refractivity contribution is 1.11. The molecule has 0 atom stereocenters. The molecule has 16 heavy (non-hydrogen) atoms. The second kappa shape index (κ2) is 5.00. The minimum Gasteiger partial charge on any atom is -0.326 e. The van der Waals surface area contributed by atoms with Gasteiger partial charge in [-0.25, -0.2) is 0 Å². The Morgan fingerprint density at radius 2 is 1.81 bits per heavy atom. The van der Waals surface area contributed by atoms with Crippen molar-refractivity contribution in [2.75, 3.05) is 0 Å². The van der Waals surface area contributed by atoms with E-state index < -0.39 is 0 Å². The van der Waals surface area contributed by atoms with Gasteiger partial charge in [-0.1, -0.05) is 31.9 Å². The zero-order chi connectivity index (χ0) is 11.7. The SMILES string of the molecule is Cc1cc(Br)c(-c2ccc(CN)s2)c(Br)c1. The van der Waals surface area contributed by atoms with Crippen LogP contribution in [0.25, 0.3) is 10.4 Å². The van der Waals surface area contributed by atoms with E-state index in [0.29, 0.717) is 6.54 Å². The van der Waals surface area contributed by atoms with E-state index in [1.165, 1.54) is 20.9 Å². The van der Waals surface area contributed by atoms with Crippen LogP contribution in [-0.2, 0) is 6.54 Å². The minimum atomic E-state index is 0.603. The fourth-order valence-corrected chi connectivity index (χ4v) is 4.62. The molecule has 1 heterocycles. The predicted octanol–water partition coefficient (Wildman–Crippen LogP) is 4.71. The smallest absolute Gasteiger partial charge is 0.0368 e. The van der Waals surface area contributed by atoms with Gasteiger partial charge in [0.25, 0.3) is 0 Å². The van der Waals surface area contributed by atoms with E-state index in [1.807, 2.05) is 0 Å². The van der Waals surface area contributed by atoms with E-state index in [-0.39, 0.29) is 0 Å². The van der Waals surface area contributed by atoms with Gasteiger partial charge in [0.1, 0.15) is 0 Å². The zero-order valence-electron chi connectivity index (χ0n) is 8.76. The summed E-state index contributed by atoms with van der Waals surface area (Å²) >= 11 is 8.96. The summed E-state index contributed by atoms with van der Waals surface area (Å²) in [7, 11) is 0. The van der Waals surface area contributed by atoms with Crippen molar-refractivity contribution in [2.24, 2.45) is 5.73 Å². The average molecular weight is 361 g/mol. The van der Waals surface area contributed by atoms with Gasteiger partial charge in [-0.15, -0.1) is 11.3 Å². The molecule has 0 unspecified atom stereocenters. The van der Waals surface area contributed by atoms with Crippen molar-refractivity contribution in [1.82, 2.24) is 0 Å². The van der Waals surface area contributed by atoms with Gasteiger partial charge < -0.3 is 5.73 Å². The zero-order valence-corrected chi connectivity index (χ0v) is 12.7. The molecule has 0 bridgehead atoms. The van der Waals surface area contributed by atoms with E-state index >= 15 is 0 Å². The highest BCUT2D eigenvalue weighted by molar-refractivity contribution is 9.11. The standard InChI is InChI=1S/C12H11Br2NS/c1-7-4-9(13)12(10(14)5-7)11-3-2-8(6-15)16-11/h2-5H,6,15H2,1H3. The highest BCUT2D eigenvalue weighted by Crippen LogP contribution is 2.39. The van der Waals surface area contributed by atoms with Crippen molar-refractivity contribution < 1.29 is 0 Å². The first-order valence-corrected chi connectivity index (χ1v) is 7.27. The molecular formula is C12H11Br2NS. The van der Waals surface area contributed by atoms with Crippen LogP contribution in [-0.4, -0.2) is 0 Å². The number of aryl methyl sites for hydroxylation is 1. The number of rotatable bonds is 2. The van der Waals surface area contributed by atoms with E-state index in [4.69, 9.17) is 5.73 Å². The maximum Gasteiger partial charge on any atom is 0.0368 e. The van der Waals surface area contributed by atoms with Gasteiger partial charge in [-0.05, 0) is 36.8 Å². The Labute approximate surface area is 116 Å². The van der Waals surface area contributed by atoms with Crippen molar-refractivity contribution in [1.29, 1.82) is 0 Å². The molecular weight excluding hydrogens is 350 g/mol. The van der Waals surface area contributed by atoms with Crippen LogP contribution in [0.4, 0.5) is 0 Å². The van der Waals surface area contributed by atoms with Gasteiger partial charge in [0.2, 0.25) is 0 Å². The van der Waals surface area contributed by atoms with Crippen LogP contribution in [0, 0.1) is 6.92 Å². The highest BCUT2D eigenvalue weighted by atomic mass is 79.9. The molecule has 0 fully saturated rings. The fraction of sp³-hybridized carbons (Fsp3) is 0.167. The van der Waals surface area contributed by atoms with E-state index in [9.17, 15) is 0 Å². The number of hydrogen-bond acceptors (Lipinski definition) is 2. The third-order valence-corrected chi connectivity index (χ3v) is 4.67. The van der Waals surface area contributed by atoms with E-state index in [1.54, 1.807) is 11.3 Å². The summed E-state index contributed by atoms with van der Waals surface area (Å²) < 4.78 is 2.23. The molecule has 0 aliphatic rings. The Kier molecular flexibility index (Phi) is 3.85. The molecule has 84 valence electrons. The first-order valence-electron chi connectivity index (χ1n) is 4.86. The van der Waals surface area contributed by atoms with Gasteiger partial charge in [0.15, 0.2) is 0 Å². The van der Waals surface area contributed by atoms with Gasteiger partial charge in [-0.2, -0.15) is 0 Å². The third-order valence-electron chi connectivity index (χ3n) is 2.30. The number of hydrogen-bond donors (Lipinski definition) is 1. The van der Waals surface area contributed by atoms with Crippen molar-refractivity contribution in [3.05, 3.63) is 43.7 Å². The van der Waals surface area contributed by atoms with Crippen LogP contribution in [0.5, 0.6) is 0 Å². The van der Waals surface area contributed by atoms with E-state index in [0.717, 1.165) is 8.95 Å². The summed E-state index contributed by atoms with van der Waals surface area (Å²) in [6, 6.07) is 8.45. The molecule has 1 nitrogen and oxygen atoms in total. The molecule has 2 aromatic rings. The van der Waals surface area contributed by atoms with Crippen molar-refractivity contribution >= 4 is 43.2 Å². The second-order valence-electron chi connectivity index (χ2n) is 3.57. The van der Waals surface area contributed by atoms with Crippen LogP contribution >= 0.6 is 43.2 Å². The van der Waals surface area contributed by atoms with Crippen LogP contribution in [0.2, 0.25) is 0 Å². The summed E-state index contributed by atoms with van der Waals surface area (Å²) in [5.41, 5.74) is 8.07. The number of thiophene rings is 1. The summed E-state index contributed by atoms with van der Waals surface area (Å²) in [5.74, 6) is 0. The number of halogens is 2. The van der Waals surface area contributed by atoms with Crippen LogP contribution in [0.1, 0.15) is 10.4 Å². The molecule has 0 amide bonds. The highest BCUT2D eigenvalue weighted by Gasteiger charge is 2.10. The molecule has 1 aromatic heterocycles. The molecule has 0 saturated heterocycles. The Hall–Kier alpha value is -0.160. The van der Waals surface area contributed by atoms with Gasteiger partial charge in [0, 0.05) is 30.8 Å². The first kappa shape index (κ1) is 12.3. The van der Waals surface area contributed by atoms with Crippen LogP contribution in [0.3, 0.4) is 0 Å². The first-order chi connectivity index (χ1) is 7.61. The largest absolute Gasteiger partial charge is 0.326 e. The minimum absolute atomic E-state index is 0.603. The van der Waals surface area contributed by atoms with Crippen molar-refractivity contribution in [3.8, 4) is 10.4 Å². The Morgan fingerprint density at radius 1 is 1.19 bits per heavy atom. The molecule has 2 rings (SSSR count). The maximum absolute atomic E-state index is 5.63. The molecule has 0 aliphatic carbocycles. The Morgan fingerprint density at radius 3 is 2.31 bits per heavy atom.